The van der Waals surface area contributed by atoms with Gasteiger partial charge in [-0.3, -0.25) is 9.38 Å². The Hall–Kier alpha value is -3.15. The van der Waals surface area contributed by atoms with Crippen LogP contribution in [-0.4, -0.2) is 24.1 Å². The van der Waals surface area contributed by atoms with Crippen LogP contribution in [0.1, 0.15) is 23.9 Å². The zero-order valence-electron chi connectivity index (χ0n) is 14.3. The summed E-state index contributed by atoms with van der Waals surface area (Å²) >= 11 is 0. The van der Waals surface area contributed by atoms with Gasteiger partial charge in [0, 0.05) is 12.4 Å². The number of aromatic nitrogens is 5. The molecule has 0 fully saturated rings. The van der Waals surface area contributed by atoms with Crippen molar-refractivity contribution in [3.05, 3.63) is 72.2 Å². The van der Waals surface area contributed by atoms with Crippen LogP contribution in [0.2, 0.25) is 0 Å². The number of nitrogens with zero attached hydrogens (tertiary/aromatic N) is 5. The van der Waals surface area contributed by atoms with Crippen LogP contribution in [0.4, 0.5) is 5.69 Å². The van der Waals surface area contributed by atoms with Crippen molar-refractivity contribution in [3.8, 4) is 5.69 Å². The molecule has 1 N–H and O–H groups in total. The van der Waals surface area contributed by atoms with Crippen molar-refractivity contribution >= 4 is 11.3 Å². The average Bonchev–Trinajstić information content (AvgIpc) is 3.24. The lowest BCUT2D eigenvalue weighted by atomic mass is 10.2. The number of anilines is 1. The van der Waals surface area contributed by atoms with Crippen LogP contribution in [0, 0.1) is 6.92 Å². The van der Waals surface area contributed by atoms with Crippen LogP contribution >= 0.6 is 0 Å². The molecule has 6 nitrogen and oxygen atoms in total. The van der Waals surface area contributed by atoms with Gasteiger partial charge in [-0.15, -0.1) is 0 Å². The average molecular weight is 332 g/mol. The van der Waals surface area contributed by atoms with Gasteiger partial charge in [-0.25, -0.2) is 9.67 Å². The lowest BCUT2D eigenvalue weighted by molar-refractivity contribution is 0.808. The number of benzene rings is 1. The molecule has 0 saturated heterocycles. The molecular weight excluding hydrogens is 312 g/mol. The van der Waals surface area contributed by atoms with E-state index in [0.717, 1.165) is 29.1 Å². The summed E-state index contributed by atoms with van der Waals surface area (Å²) in [6.07, 6.45) is 10.1. The molecule has 0 aliphatic heterocycles. The van der Waals surface area contributed by atoms with Crippen LogP contribution in [0.15, 0.2) is 55.2 Å². The monoisotopic (exact) mass is 332 g/mol. The number of hydrogen-bond acceptors (Lipinski definition) is 4. The Morgan fingerprint density at radius 2 is 2.00 bits per heavy atom. The molecule has 0 atom stereocenters. The molecule has 0 unspecified atom stereocenters. The highest BCUT2D eigenvalue weighted by molar-refractivity contribution is 5.52. The maximum Gasteiger partial charge on any atom is 0.155 e. The van der Waals surface area contributed by atoms with Crippen LogP contribution in [0.25, 0.3) is 11.3 Å². The molecule has 6 heteroatoms. The Kier molecular flexibility index (Phi) is 3.93. The minimum atomic E-state index is 0.678. The molecule has 4 aromatic rings. The molecule has 0 spiro atoms. The Morgan fingerprint density at radius 1 is 1.12 bits per heavy atom. The van der Waals surface area contributed by atoms with Gasteiger partial charge >= 0.3 is 0 Å². The molecule has 0 aliphatic rings. The van der Waals surface area contributed by atoms with E-state index < -0.39 is 0 Å². The first-order valence-electron chi connectivity index (χ1n) is 8.40. The molecule has 1 aromatic carbocycles. The predicted molar refractivity (Wildman–Crippen MR) is 98.0 cm³/mol. The standard InChI is InChI=1S/C19H20N6/c1-3-17-16(12-23-25(17)18-7-5-4-6-14(18)2)21-10-15-11-22-19-13-20-8-9-24(15)19/h4-9,11-13,21H,3,10H2,1-2H3. The molecular formula is C19H20N6. The highest BCUT2D eigenvalue weighted by Crippen LogP contribution is 2.22. The maximum absolute atomic E-state index is 4.60. The van der Waals surface area contributed by atoms with Crippen LogP contribution in [0.3, 0.4) is 0 Å². The predicted octanol–water partition coefficient (Wildman–Crippen LogP) is 3.40. The van der Waals surface area contributed by atoms with E-state index in [1.165, 1.54) is 11.3 Å². The van der Waals surface area contributed by atoms with Gasteiger partial charge < -0.3 is 5.32 Å². The van der Waals surface area contributed by atoms with Crippen molar-refractivity contribution in [2.24, 2.45) is 0 Å². The second-order valence-electron chi connectivity index (χ2n) is 5.96. The van der Waals surface area contributed by atoms with E-state index in [1.54, 1.807) is 12.4 Å². The first kappa shape index (κ1) is 15.4. The van der Waals surface area contributed by atoms with E-state index in [-0.39, 0.29) is 0 Å². The highest BCUT2D eigenvalue weighted by Gasteiger charge is 2.12. The molecule has 0 aliphatic carbocycles. The van der Waals surface area contributed by atoms with Gasteiger partial charge in [0.15, 0.2) is 5.65 Å². The summed E-state index contributed by atoms with van der Waals surface area (Å²) in [5.74, 6) is 0. The number of nitrogens with one attached hydrogen (secondary N) is 1. The summed E-state index contributed by atoms with van der Waals surface area (Å²) in [7, 11) is 0. The van der Waals surface area contributed by atoms with Gasteiger partial charge in [-0.2, -0.15) is 5.10 Å². The summed E-state index contributed by atoms with van der Waals surface area (Å²) in [6, 6.07) is 8.30. The summed E-state index contributed by atoms with van der Waals surface area (Å²) in [4.78, 5) is 8.48. The van der Waals surface area contributed by atoms with Gasteiger partial charge in [0.2, 0.25) is 0 Å². The third kappa shape index (κ3) is 2.76. The Labute approximate surface area is 146 Å². The minimum absolute atomic E-state index is 0.678. The molecule has 3 aromatic heterocycles. The number of fused-ring (bicyclic) bond motifs is 1. The number of imidazole rings is 1. The zero-order chi connectivity index (χ0) is 17.2. The summed E-state index contributed by atoms with van der Waals surface area (Å²) < 4.78 is 4.06. The SMILES string of the molecule is CCc1c(NCc2cnc3cnccn23)cnn1-c1ccccc1C. The topological polar surface area (TPSA) is 60.0 Å². The summed E-state index contributed by atoms with van der Waals surface area (Å²) in [5, 5.41) is 8.11. The van der Waals surface area contributed by atoms with E-state index in [2.05, 4.69) is 46.4 Å². The van der Waals surface area contributed by atoms with Crippen LogP contribution in [-0.2, 0) is 13.0 Å². The quantitative estimate of drug-likeness (QED) is 0.608. The molecule has 0 saturated carbocycles. The van der Waals surface area contributed by atoms with E-state index in [4.69, 9.17) is 0 Å². The molecule has 0 radical (unpaired) electrons. The summed E-state index contributed by atoms with van der Waals surface area (Å²) in [6.45, 7) is 4.94. The maximum atomic E-state index is 4.60. The molecule has 3 heterocycles. The van der Waals surface area contributed by atoms with Gasteiger partial charge in [0.25, 0.3) is 0 Å². The fourth-order valence-corrected chi connectivity index (χ4v) is 3.08. The smallest absolute Gasteiger partial charge is 0.155 e. The van der Waals surface area contributed by atoms with E-state index in [1.807, 2.05) is 39.8 Å². The summed E-state index contributed by atoms with van der Waals surface area (Å²) in [5.41, 5.74) is 6.49. The fraction of sp³-hybridized carbons (Fsp3) is 0.211. The second kappa shape index (κ2) is 6.39. The van der Waals surface area contributed by atoms with Crippen molar-refractivity contribution in [1.29, 1.82) is 0 Å². The molecule has 25 heavy (non-hydrogen) atoms. The second-order valence-corrected chi connectivity index (χ2v) is 5.96. The van der Waals surface area contributed by atoms with Gasteiger partial charge in [0.1, 0.15) is 0 Å². The van der Waals surface area contributed by atoms with Crippen molar-refractivity contribution < 1.29 is 0 Å². The number of aryl methyl sites for hydroxylation is 1. The third-order valence-electron chi connectivity index (χ3n) is 4.40. The molecule has 4 rings (SSSR count). The number of hydrogen-bond donors (Lipinski definition) is 1. The van der Waals surface area contributed by atoms with Gasteiger partial charge in [-0.05, 0) is 25.0 Å². The van der Waals surface area contributed by atoms with Gasteiger partial charge in [-0.1, -0.05) is 25.1 Å². The highest BCUT2D eigenvalue weighted by atomic mass is 15.3. The first-order chi connectivity index (χ1) is 12.3. The third-order valence-corrected chi connectivity index (χ3v) is 4.40. The van der Waals surface area contributed by atoms with Crippen molar-refractivity contribution in [2.45, 2.75) is 26.8 Å². The van der Waals surface area contributed by atoms with Crippen LogP contribution in [0.5, 0.6) is 0 Å². The lowest BCUT2D eigenvalue weighted by Gasteiger charge is -2.11. The number of rotatable bonds is 5. The molecule has 0 bridgehead atoms. The van der Waals surface area contributed by atoms with Gasteiger partial charge in [0.05, 0.1) is 47.9 Å². The number of para-hydroxylation sites is 1. The normalized spacial score (nSPS) is 11.1. The lowest BCUT2D eigenvalue weighted by Crippen LogP contribution is -2.07. The fourth-order valence-electron chi connectivity index (χ4n) is 3.08. The Balaban J connectivity index is 1.62. The molecule has 126 valence electrons. The van der Waals surface area contributed by atoms with Crippen molar-refractivity contribution in [3.63, 3.8) is 0 Å². The van der Waals surface area contributed by atoms with Crippen molar-refractivity contribution in [2.75, 3.05) is 5.32 Å². The van der Waals surface area contributed by atoms with Crippen LogP contribution < -0.4 is 5.32 Å². The zero-order valence-corrected chi connectivity index (χ0v) is 14.3. The van der Waals surface area contributed by atoms with E-state index in [0.29, 0.717) is 6.54 Å². The first-order valence-corrected chi connectivity index (χ1v) is 8.40. The Morgan fingerprint density at radius 3 is 2.84 bits per heavy atom. The minimum Gasteiger partial charge on any atom is -0.377 e. The van der Waals surface area contributed by atoms with Crippen molar-refractivity contribution in [1.82, 2.24) is 24.1 Å². The molecule has 0 amide bonds. The Bertz CT molecular complexity index is 1010. The largest absolute Gasteiger partial charge is 0.377 e. The van der Waals surface area contributed by atoms with E-state index >= 15 is 0 Å². The van der Waals surface area contributed by atoms with E-state index in [9.17, 15) is 0 Å².